The molecule has 36 heteroatoms. The van der Waals surface area contributed by atoms with Gasteiger partial charge in [0, 0.05) is 66.4 Å². The summed E-state index contributed by atoms with van der Waals surface area (Å²) >= 11 is 0. The molecule has 12 atom stereocenters. The Labute approximate surface area is 645 Å². The van der Waals surface area contributed by atoms with Gasteiger partial charge < -0.3 is 77.0 Å². The molecule has 4 aromatic carbocycles. The number of alkyl carbamates (subject to hydrolysis) is 2. The van der Waals surface area contributed by atoms with Crippen molar-refractivity contribution in [2.75, 3.05) is 20.3 Å². The van der Waals surface area contributed by atoms with Crippen LogP contribution in [0, 0.1) is 23.5 Å². The molecule has 10 aliphatic rings. The van der Waals surface area contributed by atoms with E-state index in [9.17, 15) is 73.6 Å². The Bertz CT molecular complexity index is 4650. The average Bonchev–Trinajstić information content (AvgIpc) is 1.58. The third-order valence-electron chi connectivity index (χ3n) is 20.6. The predicted molar refractivity (Wildman–Crippen MR) is 383 cm³/mol. The lowest BCUT2D eigenvalue weighted by molar-refractivity contribution is -0.423. The van der Waals surface area contributed by atoms with Crippen molar-refractivity contribution in [2.24, 2.45) is 11.8 Å². The second-order valence-corrected chi connectivity index (χ2v) is 34.8. The van der Waals surface area contributed by atoms with Crippen molar-refractivity contribution < 1.29 is 125 Å². The number of nitrogens with zero attached hydrogens (tertiary/aromatic N) is 4. The molecule has 14 rings (SSSR count). The first kappa shape index (κ1) is 81.8. The highest BCUT2D eigenvalue weighted by Crippen LogP contribution is 2.49. The number of hydrogen-bond acceptors (Lipinski definition) is 21. The molecule has 0 aromatic heterocycles. The molecular weight excluding hydrogens is 1510 g/mol. The van der Waals surface area contributed by atoms with Crippen LogP contribution in [-0.4, -0.2) is 186 Å². The van der Waals surface area contributed by atoms with E-state index in [1.165, 1.54) is 44.9 Å². The molecule has 4 aromatic rings. The number of esters is 1. The molecule has 6 aliphatic heterocycles. The fourth-order valence-corrected chi connectivity index (χ4v) is 17.2. The van der Waals surface area contributed by atoms with Crippen LogP contribution in [0.3, 0.4) is 0 Å². The standard InChI is InChI=1S/C37H42FN5O10S.C29H32FN3O8.C9H14N2O3S.ClH/c1-5-21-16-37(21,33(46)41-54(49,50)22-13-14-22)40-31(44)27-15-29(52-35(48)42-17-20-9-8-11-25(38)24(20)18-42)30-23-10-6-7-12-28(23)51-19-26(32(45)43(27)30)39-34(47)53-36(2,3)4;1-29(2,3)41-27(36)31-20-15-39-22-11-6-5-9-17(22)24-23(12-21(26(35)38-4)33(24)25(20)34)40-28(37)32-13-16-8-7-10-19(30)18(16)14-32;1-2-6-5-9(6,10)8(12)11-15(13,14)7-3-4-7;/h5-12,21-22,26-27,29-30H,1,13-19H2,2-4H3,(H,39,47)(H,40,44)(H,41,46);5-11,20-21,23-24H,12-15H2,1-4H3,(H,31,36);2,6-7H,1,3-5,10H2,(H,11,12);1H/t21-,26+,27+,29-,30+,37-;20-,21-,23+,24-;6-,9-;/m101./s1. The number of halogens is 3. The van der Waals surface area contributed by atoms with Crippen LogP contribution in [0.1, 0.15) is 138 Å². The second kappa shape index (κ2) is 31.6. The maximum atomic E-state index is 14.6. The van der Waals surface area contributed by atoms with Gasteiger partial charge >= 0.3 is 30.3 Å². The first-order valence-corrected chi connectivity index (χ1v) is 39.1. The minimum atomic E-state index is -3.97. The van der Waals surface area contributed by atoms with Gasteiger partial charge in [-0.1, -0.05) is 72.8 Å². The number of hydrogen-bond donors (Lipinski definition) is 6. The molecule has 4 saturated carbocycles. The summed E-state index contributed by atoms with van der Waals surface area (Å²) in [5, 5.41) is 6.75. The smallest absolute Gasteiger partial charge is 0.410 e. The Morgan fingerprint density at radius 2 is 1.01 bits per heavy atom. The number of carbonyl (C=O) groups excluding carboxylic acids is 10. The lowest BCUT2D eigenvalue weighted by atomic mass is 9.99. The minimum Gasteiger partial charge on any atom is -1.00 e. The van der Waals surface area contributed by atoms with E-state index in [4.69, 9.17) is 33.2 Å². The molecule has 598 valence electrons. The Hall–Kier alpha value is -10.1. The second-order valence-electron chi connectivity index (χ2n) is 30.9. The number of benzene rings is 4. The van der Waals surface area contributed by atoms with Crippen molar-refractivity contribution >= 4 is 79.9 Å². The Morgan fingerprint density at radius 1 is 0.586 bits per heavy atom. The molecule has 0 unspecified atom stereocenters. The summed E-state index contributed by atoms with van der Waals surface area (Å²) in [5.41, 5.74) is 2.54. The number of sulfonamides is 2. The van der Waals surface area contributed by atoms with E-state index in [-0.39, 0.29) is 82.2 Å². The highest BCUT2D eigenvalue weighted by atomic mass is 35.5. The number of methoxy groups -OCH3 is 1. The molecular formula is C75H89ClF2N10O21S2. The highest BCUT2D eigenvalue weighted by molar-refractivity contribution is 7.91. The number of rotatable bonds is 15. The summed E-state index contributed by atoms with van der Waals surface area (Å²) in [4.78, 5) is 139. The summed E-state index contributed by atoms with van der Waals surface area (Å²) < 4.78 is 121. The van der Waals surface area contributed by atoms with Crippen LogP contribution in [0.5, 0.6) is 11.5 Å². The summed E-state index contributed by atoms with van der Waals surface area (Å²) in [7, 11) is -6.20. The summed E-state index contributed by atoms with van der Waals surface area (Å²) in [6.07, 6.45) is 0.112. The normalized spacial score (nSPS) is 26.5. The van der Waals surface area contributed by atoms with Crippen LogP contribution >= 0.6 is 0 Å². The number of para-hydroxylation sites is 2. The number of fused-ring (bicyclic) bond motifs is 8. The fourth-order valence-electron chi connectivity index (χ4n) is 14.5. The third-order valence-corrected chi connectivity index (χ3v) is 24.3. The Balaban J connectivity index is 0.000000188. The monoisotopic (exact) mass is 1600 g/mol. The van der Waals surface area contributed by atoms with Gasteiger partial charge in [0.05, 0.1) is 42.8 Å². The molecule has 2 saturated heterocycles. The van der Waals surface area contributed by atoms with E-state index in [0.29, 0.717) is 77.0 Å². The van der Waals surface area contributed by atoms with Crippen LogP contribution in [0.2, 0.25) is 0 Å². The zero-order valence-electron chi connectivity index (χ0n) is 62.0. The zero-order valence-corrected chi connectivity index (χ0v) is 64.4. The van der Waals surface area contributed by atoms with E-state index in [0.717, 1.165) is 0 Å². The van der Waals surface area contributed by atoms with Crippen molar-refractivity contribution in [3.8, 4) is 11.5 Å². The zero-order chi connectivity index (χ0) is 79.5. The van der Waals surface area contributed by atoms with Gasteiger partial charge in [-0.3, -0.25) is 38.5 Å². The quantitative estimate of drug-likeness (QED) is 0.0564. The Kier molecular flexibility index (Phi) is 23.3. The average molecular weight is 1600 g/mol. The van der Waals surface area contributed by atoms with Crippen molar-refractivity contribution in [1.82, 2.24) is 45.0 Å². The Morgan fingerprint density at radius 3 is 1.41 bits per heavy atom. The van der Waals surface area contributed by atoms with Gasteiger partial charge in [-0.15, -0.1) is 13.2 Å². The summed E-state index contributed by atoms with van der Waals surface area (Å²) in [5.74, 6) is -5.11. The SMILES string of the molecule is C=C[C@@H]1C[C@]1(NC(=O)[C@@H]1C[C@@H](OC(=O)N2Cc3cccc(F)c3C2)[C@@H]2c3ccccc3OC[C@H](NC(=O)OC(C)(C)C)C(=O)N12)C(=O)NS(=O)(=O)C1CC1.C=C[C@@H]1C[C@]1([NH3+])C(=O)NS(=O)(=O)C1CC1.COC(=O)[C@@H]1C[C@@H](OC(=O)N2Cc3cccc(F)c3C2)[C@@H]2c3ccccc3OC[C@H](NC(=O)OC(C)(C)C)C(=O)N12.[Cl-]. The molecule has 9 amide bonds. The van der Waals surface area contributed by atoms with Gasteiger partial charge in [0.15, 0.2) is 5.54 Å². The molecule has 0 radical (unpaired) electrons. The number of carbonyl (C=O) groups is 10. The lowest BCUT2D eigenvalue weighted by Crippen LogP contribution is -3.00. The molecule has 6 fully saturated rings. The van der Waals surface area contributed by atoms with E-state index < -0.39 is 173 Å². The van der Waals surface area contributed by atoms with Crippen molar-refractivity contribution in [2.45, 2.75) is 200 Å². The van der Waals surface area contributed by atoms with E-state index in [1.807, 2.05) is 0 Å². The predicted octanol–water partition coefficient (Wildman–Crippen LogP) is 2.18. The fraction of sp³-hybridized carbons (Fsp3) is 0.493. The van der Waals surface area contributed by atoms with Crippen molar-refractivity contribution in [3.63, 3.8) is 0 Å². The summed E-state index contributed by atoms with van der Waals surface area (Å²) in [6, 6.07) is 15.6. The minimum absolute atomic E-state index is 0. The molecule has 0 bridgehead atoms. The van der Waals surface area contributed by atoms with Crippen LogP contribution in [-0.2, 0) is 98.7 Å². The molecule has 8 N–H and O–H groups in total. The molecule has 0 spiro atoms. The van der Waals surface area contributed by atoms with Crippen molar-refractivity contribution in [1.29, 1.82) is 0 Å². The van der Waals surface area contributed by atoms with Gasteiger partial charge in [0.1, 0.15) is 89.5 Å². The van der Waals surface area contributed by atoms with Gasteiger partial charge in [-0.05, 0) is 109 Å². The third kappa shape index (κ3) is 17.6. The van der Waals surface area contributed by atoms with Gasteiger partial charge in [-0.2, -0.15) is 0 Å². The van der Waals surface area contributed by atoms with Crippen molar-refractivity contribution in [3.05, 3.63) is 155 Å². The number of amides is 9. The van der Waals surface area contributed by atoms with Crippen LogP contribution in [0.4, 0.5) is 28.0 Å². The molecule has 6 heterocycles. The summed E-state index contributed by atoms with van der Waals surface area (Å²) in [6.45, 7) is 17.0. The molecule has 31 nitrogen and oxygen atoms in total. The highest BCUT2D eigenvalue weighted by Gasteiger charge is 2.64. The van der Waals surface area contributed by atoms with Crippen LogP contribution in [0.25, 0.3) is 0 Å². The van der Waals surface area contributed by atoms with E-state index in [1.54, 1.807) is 120 Å². The number of ether oxygens (including phenoxy) is 7. The maximum Gasteiger partial charge on any atom is 0.410 e. The largest absolute Gasteiger partial charge is 1.00 e. The topological polar surface area (TPSA) is 404 Å². The van der Waals surface area contributed by atoms with Crippen LogP contribution < -0.4 is 53.0 Å². The van der Waals surface area contributed by atoms with Crippen LogP contribution in [0.15, 0.2) is 110 Å². The van der Waals surface area contributed by atoms with Gasteiger partial charge in [0.25, 0.3) is 11.8 Å². The first-order chi connectivity index (χ1) is 51.9. The number of quaternary nitrogens is 1. The number of nitrogens with one attached hydrogen (secondary N) is 5. The first-order valence-electron chi connectivity index (χ1n) is 36.0. The maximum absolute atomic E-state index is 14.6. The van der Waals surface area contributed by atoms with Gasteiger partial charge in [-0.25, -0.2) is 54.3 Å². The molecule has 4 aliphatic carbocycles. The van der Waals surface area contributed by atoms with Gasteiger partial charge in [0.2, 0.25) is 37.8 Å². The molecule has 111 heavy (non-hydrogen) atoms. The van der Waals surface area contributed by atoms with E-state index in [2.05, 4.69) is 44.3 Å². The lowest BCUT2D eigenvalue weighted by Gasteiger charge is -2.37. The van der Waals surface area contributed by atoms with E-state index >= 15 is 0 Å².